The second-order valence-electron chi connectivity index (χ2n) is 5.81. The highest BCUT2D eigenvalue weighted by Gasteiger charge is 2.33. The Balaban J connectivity index is 1.62. The molecule has 1 saturated heterocycles. The van der Waals surface area contributed by atoms with Crippen molar-refractivity contribution in [1.82, 2.24) is 10.3 Å². The van der Waals surface area contributed by atoms with Gasteiger partial charge in [-0.15, -0.1) is 11.3 Å². The van der Waals surface area contributed by atoms with Gasteiger partial charge >= 0.3 is 0 Å². The first kappa shape index (κ1) is 12.8. The van der Waals surface area contributed by atoms with Crippen LogP contribution in [-0.4, -0.2) is 18.1 Å². The Bertz CT molecular complexity index is 620. The summed E-state index contributed by atoms with van der Waals surface area (Å²) in [7, 11) is 0. The van der Waals surface area contributed by atoms with E-state index in [2.05, 4.69) is 22.8 Å². The van der Waals surface area contributed by atoms with E-state index in [0.29, 0.717) is 11.8 Å². The Morgan fingerprint density at radius 1 is 1.20 bits per heavy atom. The van der Waals surface area contributed by atoms with Crippen molar-refractivity contribution < 1.29 is 0 Å². The van der Waals surface area contributed by atoms with Crippen LogP contribution in [0, 0.1) is 0 Å². The van der Waals surface area contributed by atoms with E-state index in [9.17, 15) is 0 Å². The van der Waals surface area contributed by atoms with Crippen molar-refractivity contribution in [3.8, 4) is 0 Å². The molecule has 1 aliphatic heterocycles. The maximum Gasteiger partial charge on any atom is 0.0978 e. The number of halogens is 1. The summed E-state index contributed by atoms with van der Waals surface area (Å²) in [5, 5.41) is 7.90. The van der Waals surface area contributed by atoms with Gasteiger partial charge in [0.1, 0.15) is 0 Å². The summed E-state index contributed by atoms with van der Waals surface area (Å²) >= 11 is 7.97. The lowest BCUT2D eigenvalue weighted by Gasteiger charge is -2.17. The zero-order valence-corrected chi connectivity index (χ0v) is 12.8. The summed E-state index contributed by atoms with van der Waals surface area (Å²) in [6.45, 7) is 2.04. The molecule has 1 N–H and O–H groups in total. The zero-order valence-electron chi connectivity index (χ0n) is 11.2. The fraction of sp³-hybridized carbons (Fsp3) is 0.438. The fourth-order valence-electron chi connectivity index (χ4n) is 3.06. The molecule has 2 unspecified atom stereocenters. The third kappa shape index (κ3) is 2.39. The summed E-state index contributed by atoms with van der Waals surface area (Å²) in [5.41, 5.74) is 2.65. The molecule has 4 heteroatoms. The van der Waals surface area contributed by atoms with Crippen LogP contribution < -0.4 is 5.32 Å². The molecule has 0 radical (unpaired) electrons. The van der Waals surface area contributed by atoms with Crippen LogP contribution in [0.4, 0.5) is 0 Å². The smallest absolute Gasteiger partial charge is 0.0978 e. The first-order valence-corrected chi connectivity index (χ1v) is 8.48. The molecule has 1 aromatic heterocycles. The van der Waals surface area contributed by atoms with Gasteiger partial charge in [0.05, 0.1) is 10.7 Å². The Kier molecular flexibility index (Phi) is 3.29. The van der Waals surface area contributed by atoms with Crippen LogP contribution in [0.1, 0.15) is 46.9 Å². The van der Waals surface area contributed by atoms with Gasteiger partial charge in [-0.25, -0.2) is 4.98 Å². The van der Waals surface area contributed by atoms with E-state index in [0.717, 1.165) is 24.0 Å². The molecular weight excluding hydrogens is 288 g/mol. The van der Waals surface area contributed by atoms with Gasteiger partial charge < -0.3 is 5.32 Å². The predicted octanol–water partition coefficient (Wildman–Crippen LogP) is 4.14. The van der Waals surface area contributed by atoms with Crippen molar-refractivity contribution in [3.63, 3.8) is 0 Å². The van der Waals surface area contributed by atoms with Crippen molar-refractivity contribution in [2.45, 2.75) is 30.6 Å². The van der Waals surface area contributed by atoms with Gasteiger partial charge in [-0.1, -0.05) is 23.7 Å². The van der Waals surface area contributed by atoms with E-state index in [-0.39, 0.29) is 0 Å². The van der Waals surface area contributed by atoms with Crippen molar-refractivity contribution in [2.24, 2.45) is 0 Å². The van der Waals surface area contributed by atoms with Crippen LogP contribution in [0.15, 0.2) is 29.6 Å². The highest BCUT2D eigenvalue weighted by atomic mass is 35.5. The van der Waals surface area contributed by atoms with Gasteiger partial charge in [0, 0.05) is 41.2 Å². The molecule has 2 aromatic rings. The number of hydrogen-bond acceptors (Lipinski definition) is 3. The van der Waals surface area contributed by atoms with Crippen molar-refractivity contribution in [1.29, 1.82) is 0 Å². The van der Waals surface area contributed by atoms with Crippen molar-refractivity contribution >= 4 is 22.9 Å². The molecule has 20 heavy (non-hydrogen) atoms. The Hall–Kier alpha value is -0.900. The van der Waals surface area contributed by atoms with Crippen molar-refractivity contribution in [3.05, 3.63) is 50.9 Å². The topological polar surface area (TPSA) is 24.9 Å². The average molecular weight is 305 g/mol. The second-order valence-corrected chi connectivity index (χ2v) is 7.14. The van der Waals surface area contributed by atoms with Gasteiger partial charge in [0.15, 0.2) is 0 Å². The molecule has 1 saturated carbocycles. The normalized spacial score (nSPS) is 26.1. The Morgan fingerprint density at radius 2 is 2.05 bits per heavy atom. The molecule has 2 aliphatic rings. The molecular formula is C16H17ClN2S. The van der Waals surface area contributed by atoms with Crippen LogP contribution >= 0.6 is 22.9 Å². The number of thiazole rings is 1. The summed E-state index contributed by atoms with van der Waals surface area (Å²) in [6, 6.07) is 8.27. The molecule has 1 aliphatic carbocycles. The molecule has 2 fully saturated rings. The number of hydrogen-bond donors (Lipinski definition) is 1. The maximum absolute atomic E-state index is 6.14. The minimum atomic E-state index is 0.492. The van der Waals surface area contributed by atoms with E-state index in [1.807, 2.05) is 23.5 Å². The quantitative estimate of drug-likeness (QED) is 0.921. The highest BCUT2D eigenvalue weighted by Crippen LogP contribution is 2.43. The number of nitrogens with one attached hydrogen (secondary N) is 1. The molecule has 4 rings (SSSR count). The van der Waals surface area contributed by atoms with Crippen molar-refractivity contribution in [2.75, 3.05) is 13.1 Å². The van der Waals surface area contributed by atoms with Gasteiger partial charge in [-0.05, 0) is 30.5 Å². The lowest BCUT2D eigenvalue weighted by molar-refractivity contribution is 0.659. The lowest BCUT2D eigenvalue weighted by Crippen LogP contribution is -2.09. The summed E-state index contributed by atoms with van der Waals surface area (Å²) in [5.74, 6) is 1.73. The first-order chi connectivity index (χ1) is 9.81. The highest BCUT2D eigenvalue weighted by molar-refractivity contribution is 7.09. The monoisotopic (exact) mass is 304 g/mol. The third-order valence-corrected chi connectivity index (χ3v) is 5.57. The van der Waals surface area contributed by atoms with Crippen LogP contribution in [0.3, 0.4) is 0 Å². The van der Waals surface area contributed by atoms with Crippen LogP contribution in [0.25, 0.3) is 0 Å². The summed E-state index contributed by atoms with van der Waals surface area (Å²) in [4.78, 5) is 4.90. The van der Waals surface area contributed by atoms with E-state index in [4.69, 9.17) is 16.6 Å². The van der Waals surface area contributed by atoms with Gasteiger partial charge in [0.2, 0.25) is 0 Å². The minimum absolute atomic E-state index is 0.492. The van der Waals surface area contributed by atoms with Crippen LogP contribution in [0.2, 0.25) is 5.02 Å². The number of rotatable bonds is 3. The number of nitrogens with zero attached hydrogens (tertiary/aromatic N) is 1. The number of aromatic nitrogens is 1. The average Bonchev–Trinajstić information content (AvgIpc) is 3.01. The summed E-state index contributed by atoms with van der Waals surface area (Å²) < 4.78 is 0. The van der Waals surface area contributed by atoms with E-state index >= 15 is 0 Å². The van der Waals surface area contributed by atoms with Crippen LogP contribution in [-0.2, 0) is 0 Å². The first-order valence-electron chi connectivity index (χ1n) is 7.23. The van der Waals surface area contributed by atoms with Crippen LogP contribution in [0.5, 0.6) is 0 Å². The predicted molar refractivity (Wildman–Crippen MR) is 83.9 cm³/mol. The number of benzene rings is 1. The standard InChI is InChI=1S/C16H17ClN2S/c17-12-3-1-2-11(6-12)13-7-18-8-14(13)16-19-15(9-20-16)10-4-5-10/h1-3,6,9-10,13-14,18H,4-5,7-8H2. The third-order valence-electron chi connectivity index (χ3n) is 4.34. The van der Waals surface area contributed by atoms with Gasteiger partial charge in [-0.3, -0.25) is 0 Å². The molecule has 0 spiro atoms. The lowest BCUT2D eigenvalue weighted by atomic mass is 9.89. The molecule has 1 aromatic carbocycles. The van der Waals surface area contributed by atoms with E-state index < -0.39 is 0 Å². The Labute approximate surface area is 128 Å². The molecule has 2 nitrogen and oxygen atoms in total. The minimum Gasteiger partial charge on any atom is -0.315 e. The summed E-state index contributed by atoms with van der Waals surface area (Å²) in [6.07, 6.45) is 2.65. The fourth-order valence-corrected chi connectivity index (χ4v) is 4.33. The van der Waals surface area contributed by atoms with E-state index in [1.54, 1.807) is 0 Å². The van der Waals surface area contributed by atoms with Gasteiger partial charge in [-0.2, -0.15) is 0 Å². The second kappa shape index (κ2) is 5.14. The maximum atomic E-state index is 6.14. The molecule has 0 amide bonds. The largest absolute Gasteiger partial charge is 0.315 e. The molecule has 2 heterocycles. The Morgan fingerprint density at radius 3 is 2.85 bits per heavy atom. The molecule has 0 bridgehead atoms. The molecule has 2 atom stereocenters. The zero-order chi connectivity index (χ0) is 13.5. The van der Waals surface area contributed by atoms with Gasteiger partial charge in [0.25, 0.3) is 0 Å². The SMILES string of the molecule is Clc1cccc(C2CNCC2c2nc(C3CC3)cs2)c1. The molecule has 104 valence electrons. The van der Waals surface area contributed by atoms with E-state index in [1.165, 1.54) is 29.1 Å².